The number of aliphatic hydroxyl groups excluding tert-OH is 1. The number of fused-ring (bicyclic) bond motifs is 1. The number of carbonyl (C=O) groups is 2. The Labute approximate surface area is 287 Å². The smallest absolute Gasteiger partial charge is 0.316 e. The zero-order valence-corrected chi connectivity index (χ0v) is 29.2. The fourth-order valence-electron chi connectivity index (χ4n) is 8.73. The Morgan fingerprint density at radius 3 is 2.79 bits per heavy atom. The van der Waals surface area contributed by atoms with Crippen molar-refractivity contribution >= 4 is 62.8 Å². The summed E-state index contributed by atoms with van der Waals surface area (Å²) in [6.07, 6.45) is 5.17. The molecule has 2 N–H and O–H groups in total. The summed E-state index contributed by atoms with van der Waals surface area (Å²) in [6, 6.07) is 8.14. The molecule has 3 aromatic rings. The average Bonchev–Trinajstić information content (AvgIpc) is 3.69. The highest BCUT2D eigenvalue weighted by Gasteiger charge is 2.68. The number of hydrogen-bond acceptors (Lipinski definition) is 12. The van der Waals surface area contributed by atoms with E-state index in [9.17, 15) is 24.8 Å². The van der Waals surface area contributed by atoms with Gasteiger partial charge in [0.1, 0.15) is 16.7 Å². The molecule has 0 aliphatic heterocycles. The Morgan fingerprint density at radius 1 is 1.27 bits per heavy atom. The maximum Gasteiger partial charge on any atom is 0.316 e. The van der Waals surface area contributed by atoms with Crippen molar-refractivity contribution in [3.8, 4) is 0 Å². The number of hydrogen-bond donors (Lipinski definition) is 2. The quantitative estimate of drug-likeness (QED) is 0.0454. The summed E-state index contributed by atoms with van der Waals surface area (Å²) in [6.45, 7) is 12.4. The number of thioether (sulfide) groups is 1. The average molecular weight is 692 g/mol. The summed E-state index contributed by atoms with van der Waals surface area (Å²) >= 11 is 2.55. The van der Waals surface area contributed by atoms with E-state index in [1.807, 2.05) is 18.4 Å². The number of aliphatic hydroxyl groups is 1. The monoisotopic (exact) mass is 691 g/mol. The summed E-state index contributed by atoms with van der Waals surface area (Å²) < 4.78 is 6.37. The van der Waals surface area contributed by atoms with Gasteiger partial charge in [-0.3, -0.25) is 25.1 Å². The predicted octanol–water partition coefficient (Wildman–Crippen LogP) is 7.04. The summed E-state index contributed by atoms with van der Waals surface area (Å²) in [5.74, 6) is -0.169. The van der Waals surface area contributed by atoms with Crippen LogP contribution in [0.25, 0.3) is 10.2 Å². The second kappa shape index (κ2) is 13.0. The SMILES string of the molecule is C=C[C@]1(C)C[C@@H](OC(=O)CSc2nc(N/N=C/c3ccccc3[N+](=O)[O-])c3ccsc3n2)[C@]2(C)[C@H](C)CC[C@]3(CCC(=O)[C@H]32)[C@@H](C)[C@@H]1O. The topological polar surface area (TPSA) is 157 Å². The van der Waals surface area contributed by atoms with Gasteiger partial charge in [-0.05, 0) is 60.4 Å². The third-order valence-corrected chi connectivity index (χ3v) is 13.3. The summed E-state index contributed by atoms with van der Waals surface area (Å²) in [5.41, 5.74) is 1.50. The number of benzene rings is 1. The Bertz CT molecular complexity index is 1800. The van der Waals surface area contributed by atoms with Crippen LogP contribution in [0.5, 0.6) is 0 Å². The molecule has 48 heavy (non-hydrogen) atoms. The normalized spacial score (nSPS) is 33.2. The van der Waals surface area contributed by atoms with E-state index in [-0.39, 0.29) is 40.4 Å². The number of ether oxygens (including phenoxy) is 1. The zero-order valence-electron chi connectivity index (χ0n) is 27.5. The molecule has 254 valence electrons. The highest BCUT2D eigenvalue weighted by molar-refractivity contribution is 7.99. The van der Waals surface area contributed by atoms with E-state index in [0.717, 1.165) is 36.4 Å². The number of rotatable bonds is 9. The van der Waals surface area contributed by atoms with Crippen LogP contribution in [-0.2, 0) is 14.3 Å². The third-order valence-electron chi connectivity index (χ3n) is 11.7. The first-order chi connectivity index (χ1) is 22.8. The number of nitrogens with one attached hydrogen (secondary N) is 1. The molecule has 0 radical (unpaired) electrons. The lowest BCUT2D eigenvalue weighted by molar-refractivity contribution is -0.385. The van der Waals surface area contributed by atoms with Crippen LogP contribution in [-0.4, -0.2) is 55.9 Å². The molecule has 3 aliphatic carbocycles. The van der Waals surface area contributed by atoms with Gasteiger partial charge in [-0.25, -0.2) is 9.97 Å². The number of nitro benzene ring substituents is 1. The van der Waals surface area contributed by atoms with Crippen molar-refractivity contribution in [3.63, 3.8) is 0 Å². The molecule has 2 heterocycles. The number of esters is 1. The lowest BCUT2D eigenvalue weighted by atomic mass is 9.44. The largest absolute Gasteiger partial charge is 0.461 e. The van der Waals surface area contributed by atoms with Gasteiger partial charge >= 0.3 is 5.97 Å². The van der Waals surface area contributed by atoms with E-state index in [1.165, 1.54) is 23.6 Å². The molecule has 3 fully saturated rings. The number of ketones is 1. The van der Waals surface area contributed by atoms with Crippen molar-refractivity contribution in [1.82, 2.24) is 9.97 Å². The summed E-state index contributed by atoms with van der Waals surface area (Å²) in [4.78, 5) is 48.1. The predicted molar refractivity (Wildman–Crippen MR) is 187 cm³/mol. The van der Waals surface area contributed by atoms with Crippen LogP contribution in [0.1, 0.15) is 65.4 Å². The highest BCUT2D eigenvalue weighted by Crippen LogP contribution is 2.68. The van der Waals surface area contributed by atoms with Crippen LogP contribution in [0.2, 0.25) is 0 Å². The Balaban J connectivity index is 1.23. The molecule has 13 heteroatoms. The molecule has 0 spiro atoms. The number of Topliss-reactive ketones (excluding diaryl/α,β-unsaturated/α-hetero) is 1. The molecular formula is C35H41N5O6S2. The van der Waals surface area contributed by atoms with Crippen molar-refractivity contribution in [2.45, 2.75) is 77.2 Å². The second-order valence-electron chi connectivity index (χ2n) is 14.0. The van der Waals surface area contributed by atoms with Crippen molar-refractivity contribution in [2.24, 2.45) is 39.1 Å². The van der Waals surface area contributed by atoms with Crippen molar-refractivity contribution in [1.29, 1.82) is 0 Å². The Hall–Kier alpha value is -3.68. The van der Waals surface area contributed by atoms with E-state index >= 15 is 0 Å². The molecule has 2 bridgehead atoms. The molecule has 0 saturated heterocycles. The standard InChI is InChI=1S/C35H41N5O6S2/c1-6-33(4)17-26(34(5)20(2)11-14-35(21(3)29(33)43)15-12-25(41)28(34)35)46-27(42)19-48-32-37-30(23-13-16-47-31(23)38-32)39-36-18-22-9-7-8-10-24(22)40(44)45/h6-10,13,16,18,20-21,26,28-29,43H,1,11-12,14-15,17,19H2,2-5H3,(H,37,38,39)/b36-18+/t20-,21+,26-,28+,29+,33-,34+,35+/m1/s1. The van der Waals surface area contributed by atoms with Gasteiger partial charge in [0.05, 0.1) is 33.9 Å². The van der Waals surface area contributed by atoms with E-state index in [0.29, 0.717) is 34.2 Å². The van der Waals surface area contributed by atoms with Crippen molar-refractivity contribution < 1.29 is 24.4 Å². The zero-order chi connectivity index (χ0) is 34.4. The number of thiophene rings is 1. The highest BCUT2D eigenvalue weighted by atomic mass is 32.2. The van der Waals surface area contributed by atoms with Crippen LogP contribution in [0.3, 0.4) is 0 Å². The summed E-state index contributed by atoms with van der Waals surface area (Å²) in [5, 5.41) is 30.3. The number of anilines is 1. The lowest BCUT2D eigenvalue weighted by Gasteiger charge is -2.61. The van der Waals surface area contributed by atoms with Gasteiger partial charge in [0.15, 0.2) is 11.0 Å². The van der Waals surface area contributed by atoms with Crippen LogP contribution < -0.4 is 5.43 Å². The fourth-order valence-corrected chi connectivity index (χ4v) is 10.2. The maximum atomic E-state index is 13.7. The molecule has 8 atom stereocenters. The van der Waals surface area contributed by atoms with E-state index in [1.54, 1.807) is 24.3 Å². The summed E-state index contributed by atoms with van der Waals surface area (Å²) in [7, 11) is 0. The van der Waals surface area contributed by atoms with Gasteiger partial charge < -0.3 is 9.84 Å². The fraction of sp³-hybridized carbons (Fsp3) is 0.514. The number of para-hydroxylation sites is 1. The van der Waals surface area contributed by atoms with Crippen LogP contribution in [0, 0.1) is 44.1 Å². The van der Waals surface area contributed by atoms with Gasteiger partial charge in [-0.15, -0.1) is 17.9 Å². The molecule has 3 saturated carbocycles. The molecular weight excluding hydrogens is 651 g/mol. The first-order valence-corrected chi connectivity index (χ1v) is 18.1. The van der Waals surface area contributed by atoms with Crippen LogP contribution in [0.4, 0.5) is 11.5 Å². The molecule has 3 aliphatic rings. The van der Waals surface area contributed by atoms with Crippen LogP contribution in [0.15, 0.2) is 58.6 Å². The molecule has 1 aromatic carbocycles. The third kappa shape index (κ3) is 5.73. The van der Waals surface area contributed by atoms with Gasteiger partial charge in [0.2, 0.25) is 0 Å². The Morgan fingerprint density at radius 2 is 2.04 bits per heavy atom. The molecule has 6 rings (SSSR count). The van der Waals surface area contributed by atoms with Gasteiger partial charge in [-0.2, -0.15) is 5.10 Å². The number of aromatic nitrogens is 2. The van der Waals surface area contributed by atoms with E-state index in [4.69, 9.17) is 4.74 Å². The molecule has 11 nitrogen and oxygen atoms in total. The number of nitro groups is 1. The van der Waals surface area contributed by atoms with Crippen molar-refractivity contribution in [3.05, 3.63) is 64.0 Å². The lowest BCUT2D eigenvalue weighted by Crippen LogP contribution is -2.63. The minimum Gasteiger partial charge on any atom is -0.461 e. The minimum atomic E-state index is -0.732. The van der Waals surface area contributed by atoms with E-state index in [2.05, 4.69) is 47.8 Å². The number of hydrazone groups is 1. The van der Waals surface area contributed by atoms with Crippen LogP contribution >= 0.6 is 23.1 Å². The maximum absolute atomic E-state index is 13.7. The molecule has 0 unspecified atom stereocenters. The molecule has 0 amide bonds. The Kier molecular flexibility index (Phi) is 9.24. The number of carbonyl (C=O) groups excluding carboxylic acids is 2. The van der Waals surface area contributed by atoms with Gasteiger partial charge in [0, 0.05) is 29.2 Å². The van der Waals surface area contributed by atoms with Crippen molar-refractivity contribution in [2.75, 3.05) is 11.2 Å². The van der Waals surface area contributed by atoms with Gasteiger partial charge in [-0.1, -0.05) is 57.7 Å². The first kappa shape index (κ1) is 34.2. The van der Waals surface area contributed by atoms with Gasteiger partial charge in [0.25, 0.3) is 5.69 Å². The minimum absolute atomic E-state index is 0.0652. The molecule has 2 aromatic heterocycles. The van der Waals surface area contributed by atoms with E-state index < -0.39 is 33.9 Å². The second-order valence-corrected chi connectivity index (χ2v) is 15.9. The first-order valence-electron chi connectivity index (χ1n) is 16.3. The number of nitrogens with zero attached hydrogens (tertiary/aromatic N) is 4.